The first kappa shape index (κ1) is 8.92. The third-order valence-electron chi connectivity index (χ3n) is 3.25. The number of benzene rings is 1. The summed E-state index contributed by atoms with van der Waals surface area (Å²) in [6.45, 7) is 0.682. The second kappa shape index (κ2) is 3.07. The highest BCUT2D eigenvalue weighted by Gasteiger charge is 2.48. The smallest absolute Gasteiger partial charge is 0.261 e. The van der Waals surface area contributed by atoms with Gasteiger partial charge in [-0.25, -0.2) is 0 Å². The van der Waals surface area contributed by atoms with Crippen LogP contribution in [0, 0.1) is 0 Å². The van der Waals surface area contributed by atoms with Crippen molar-refractivity contribution in [2.45, 2.75) is 24.9 Å². The molecule has 2 heterocycles. The summed E-state index contributed by atoms with van der Waals surface area (Å²) in [6.07, 6.45) is 2.91. The van der Waals surface area contributed by atoms with Crippen LogP contribution in [-0.4, -0.2) is 12.5 Å². The molecule has 0 aromatic heterocycles. The number of ether oxygens (including phenoxy) is 1. The fraction of sp³-hybridized carbons (Fsp3) is 0.417. The van der Waals surface area contributed by atoms with E-state index in [1.807, 2.05) is 24.3 Å². The summed E-state index contributed by atoms with van der Waals surface area (Å²) in [7, 11) is 0. The normalized spacial score (nSPS) is 28.9. The van der Waals surface area contributed by atoms with Gasteiger partial charge in [-0.1, -0.05) is 18.2 Å². The molecule has 1 N–H and O–H groups in total. The summed E-state index contributed by atoms with van der Waals surface area (Å²) in [5.74, 6) is 0.00315. The third kappa shape index (κ3) is 1.13. The number of fused-ring (bicyclic) bond motifs is 2. The highest BCUT2D eigenvalue weighted by molar-refractivity contribution is 6.05. The second-order valence-electron chi connectivity index (χ2n) is 4.13. The number of carbonyl (C=O) groups excluding carboxylic acids is 1. The van der Waals surface area contributed by atoms with E-state index in [1.54, 1.807) is 0 Å². The Morgan fingerprint density at radius 1 is 1.27 bits per heavy atom. The van der Waals surface area contributed by atoms with Gasteiger partial charge in [0.15, 0.2) is 5.60 Å². The Kier molecular flexibility index (Phi) is 1.83. The number of hydrogen-bond acceptors (Lipinski definition) is 2. The number of amides is 1. The summed E-state index contributed by atoms with van der Waals surface area (Å²) in [6, 6.07) is 7.80. The van der Waals surface area contributed by atoms with Crippen molar-refractivity contribution in [1.82, 2.24) is 0 Å². The lowest BCUT2D eigenvalue weighted by atomic mass is 9.88. The van der Waals surface area contributed by atoms with Gasteiger partial charge in [0.2, 0.25) is 0 Å². The lowest BCUT2D eigenvalue weighted by Crippen LogP contribution is -2.40. The third-order valence-corrected chi connectivity index (χ3v) is 3.25. The highest BCUT2D eigenvalue weighted by Crippen LogP contribution is 2.44. The fourth-order valence-corrected chi connectivity index (χ4v) is 2.48. The first-order valence-electron chi connectivity index (χ1n) is 5.38. The molecular formula is C12H13NO2. The summed E-state index contributed by atoms with van der Waals surface area (Å²) < 4.78 is 5.75. The van der Waals surface area contributed by atoms with Gasteiger partial charge in [-0.2, -0.15) is 0 Å². The van der Waals surface area contributed by atoms with Crippen LogP contribution in [0.25, 0.3) is 0 Å². The van der Waals surface area contributed by atoms with E-state index in [4.69, 9.17) is 4.74 Å². The van der Waals surface area contributed by atoms with E-state index in [0.717, 1.165) is 30.5 Å². The standard InChI is InChI=1S/C12H13NO2/c14-11-12(7-3-4-8-15-12)9-5-1-2-6-10(9)13-11/h1-2,5-6H,3-4,7-8H2,(H,13,14). The molecule has 0 aliphatic carbocycles. The van der Waals surface area contributed by atoms with Gasteiger partial charge in [0.1, 0.15) is 0 Å². The first-order chi connectivity index (χ1) is 7.33. The zero-order valence-electron chi connectivity index (χ0n) is 8.45. The Bertz CT molecular complexity index is 408. The molecule has 1 aromatic rings. The van der Waals surface area contributed by atoms with Crippen molar-refractivity contribution >= 4 is 11.6 Å². The van der Waals surface area contributed by atoms with Crippen LogP contribution in [0.3, 0.4) is 0 Å². The van der Waals surface area contributed by atoms with Crippen LogP contribution in [0.4, 0.5) is 5.69 Å². The van der Waals surface area contributed by atoms with E-state index >= 15 is 0 Å². The Balaban J connectivity index is 2.11. The molecule has 3 heteroatoms. The van der Waals surface area contributed by atoms with Crippen molar-refractivity contribution in [3.63, 3.8) is 0 Å². The molecule has 1 spiro atoms. The monoisotopic (exact) mass is 203 g/mol. The van der Waals surface area contributed by atoms with Crippen molar-refractivity contribution < 1.29 is 9.53 Å². The Morgan fingerprint density at radius 2 is 2.13 bits per heavy atom. The van der Waals surface area contributed by atoms with Gasteiger partial charge in [0.05, 0.1) is 0 Å². The molecular weight excluding hydrogens is 190 g/mol. The maximum absolute atomic E-state index is 12.0. The molecule has 0 bridgehead atoms. The number of para-hydroxylation sites is 1. The number of anilines is 1. The molecule has 0 radical (unpaired) electrons. The Morgan fingerprint density at radius 3 is 2.93 bits per heavy atom. The molecule has 1 fully saturated rings. The van der Waals surface area contributed by atoms with Gasteiger partial charge in [-0.3, -0.25) is 4.79 Å². The number of rotatable bonds is 0. The molecule has 0 saturated carbocycles. The Hall–Kier alpha value is -1.35. The molecule has 2 aliphatic rings. The summed E-state index contributed by atoms with van der Waals surface area (Å²) >= 11 is 0. The van der Waals surface area contributed by atoms with E-state index in [-0.39, 0.29) is 5.91 Å². The van der Waals surface area contributed by atoms with Crippen molar-refractivity contribution in [1.29, 1.82) is 0 Å². The minimum atomic E-state index is -0.686. The van der Waals surface area contributed by atoms with Gasteiger partial charge in [-0.15, -0.1) is 0 Å². The summed E-state index contributed by atoms with van der Waals surface area (Å²) in [4.78, 5) is 12.0. The van der Waals surface area contributed by atoms with Gasteiger partial charge in [0.25, 0.3) is 5.91 Å². The van der Waals surface area contributed by atoms with E-state index in [0.29, 0.717) is 6.61 Å². The molecule has 2 aliphatic heterocycles. The second-order valence-corrected chi connectivity index (χ2v) is 4.13. The van der Waals surface area contributed by atoms with Crippen LogP contribution in [0.15, 0.2) is 24.3 Å². The Labute approximate surface area is 88.4 Å². The molecule has 3 rings (SSSR count). The topological polar surface area (TPSA) is 38.3 Å². The molecule has 3 nitrogen and oxygen atoms in total. The van der Waals surface area contributed by atoms with Crippen LogP contribution in [-0.2, 0) is 15.1 Å². The van der Waals surface area contributed by atoms with E-state index in [9.17, 15) is 4.79 Å². The van der Waals surface area contributed by atoms with Crippen LogP contribution in [0.2, 0.25) is 0 Å². The minimum Gasteiger partial charge on any atom is -0.360 e. The minimum absolute atomic E-state index is 0.00315. The number of hydrogen-bond donors (Lipinski definition) is 1. The van der Waals surface area contributed by atoms with Crippen molar-refractivity contribution in [2.75, 3.05) is 11.9 Å². The van der Waals surface area contributed by atoms with Crippen LogP contribution < -0.4 is 5.32 Å². The van der Waals surface area contributed by atoms with E-state index in [2.05, 4.69) is 5.32 Å². The lowest BCUT2D eigenvalue weighted by Gasteiger charge is -2.31. The predicted octanol–water partition coefficient (Wildman–Crippen LogP) is 2.03. The van der Waals surface area contributed by atoms with Crippen LogP contribution >= 0.6 is 0 Å². The van der Waals surface area contributed by atoms with E-state index in [1.165, 1.54) is 0 Å². The highest BCUT2D eigenvalue weighted by atomic mass is 16.5. The molecule has 1 aromatic carbocycles. The van der Waals surface area contributed by atoms with Gasteiger partial charge >= 0.3 is 0 Å². The first-order valence-corrected chi connectivity index (χ1v) is 5.38. The number of carbonyl (C=O) groups is 1. The SMILES string of the molecule is O=C1Nc2ccccc2C12CCCCO2. The van der Waals surface area contributed by atoms with Crippen molar-refractivity contribution in [3.05, 3.63) is 29.8 Å². The van der Waals surface area contributed by atoms with Crippen LogP contribution in [0.5, 0.6) is 0 Å². The van der Waals surface area contributed by atoms with Crippen molar-refractivity contribution in [3.8, 4) is 0 Å². The molecule has 78 valence electrons. The van der Waals surface area contributed by atoms with Gasteiger partial charge < -0.3 is 10.1 Å². The van der Waals surface area contributed by atoms with E-state index < -0.39 is 5.60 Å². The maximum atomic E-state index is 12.0. The largest absolute Gasteiger partial charge is 0.360 e. The zero-order chi connectivity index (χ0) is 10.3. The molecule has 1 atom stereocenters. The average Bonchev–Trinajstić information content (AvgIpc) is 2.55. The molecule has 1 amide bonds. The molecule has 15 heavy (non-hydrogen) atoms. The molecule has 1 unspecified atom stereocenters. The van der Waals surface area contributed by atoms with Crippen molar-refractivity contribution in [2.24, 2.45) is 0 Å². The summed E-state index contributed by atoms with van der Waals surface area (Å²) in [5, 5.41) is 2.89. The average molecular weight is 203 g/mol. The quantitative estimate of drug-likeness (QED) is 0.700. The maximum Gasteiger partial charge on any atom is 0.261 e. The predicted molar refractivity (Wildman–Crippen MR) is 56.6 cm³/mol. The van der Waals surface area contributed by atoms with Gasteiger partial charge in [-0.05, 0) is 25.3 Å². The summed E-state index contributed by atoms with van der Waals surface area (Å²) in [5.41, 5.74) is 1.23. The zero-order valence-corrected chi connectivity index (χ0v) is 8.45. The van der Waals surface area contributed by atoms with Crippen LogP contribution in [0.1, 0.15) is 24.8 Å². The number of nitrogens with one attached hydrogen (secondary N) is 1. The van der Waals surface area contributed by atoms with Gasteiger partial charge in [0, 0.05) is 17.9 Å². The fourth-order valence-electron chi connectivity index (χ4n) is 2.48. The molecule has 1 saturated heterocycles. The lowest BCUT2D eigenvalue weighted by molar-refractivity contribution is -0.147.